The Kier molecular flexibility index (Phi) is 3.70. The number of rotatable bonds is 3. The van der Waals surface area contributed by atoms with Crippen LogP contribution in [0.4, 0.5) is 22.0 Å². The molecule has 17 heavy (non-hydrogen) atoms. The van der Waals surface area contributed by atoms with Gasteiger partial charge in [-0.3, -0.25) is 4.79 Å². The van der Waals surface area contributed by atoms with Crippen molar-refractivity contribution in [2.75, 3.05) is 0 Å². The van der Waals surface area contributed by atoms with E-state index < -0.39 is 24.6 Å². The molecule has 0 saturated carbocycles. The second-order valence-electron chi connectivity index (χ2n) is 3.12. The maximum Gasteiger partial charge on any atom is 0.463 e. The lowest BCUT2D eigenvalue weighted by atomic mass is 10.3. The molecule has 0 radical (unpaired) electrons. The zero-order valence-corrected chi connectivity index (χ0v) is 9.25. The fourth-order valence-electron chi connectivity index (χ4n) is 0.896. The largest absolute Gasteiger partial charge is 0.463 e. The number of amides is 1. The number of aromatic nitrogens is 1. The lowest BCUT2D eigenvalue weighted by molar-refractivity contribution is -0.269. The van der Waals surface area contributed by atoms with Gasteiger partial charge in [0.1, 0.15) is 0 Å². The van der Waals surface area contributed by atoms with Crippen molar-refractivity contribution in [3.05, 3.63) is 16.1 Å². The van der Waals surface area contributed by atoms with Crippen LogP contribution in [0.2, 0.25) is 0 Å². The summed E-state index contributed by atoms with van der Waals surface area (Å²) in [6.07, 6.45) is -5.89. The highest BCUT2D eigenvalue weighted by molar-refractivity contribution is 7.09. The molecule has 1 N–H and O–H groups in total. The molecule has 0 atom stereocenters. The minimum absolute atomic E-state index is 0.402. The first-order valence-electron chi connectivity index (χ1n) is 4.28. The van der Waals surface area contributed by atoms with E-state index in [4.69, 9.17) is 0 Å². The summed E-state index contributed by atoms with van der Waals surface area (Å²) in [6.45, 7) is 1.15. The summed E-state index contributed by atoms with van der Waals surface area (Å²) in [6, 6.07) is 0. The topological polar surface area (TPSA) is 42.0 Å². The number of alkyl halides is 5. The molecule has 0 bridgehead atoms. The molecular weight excluding hydrogens is 267 g/mol. The molecule has 1 amide bonds. The first kappa shape index (κ1) is 13.8. The number of carbonyl (C=O) groups excluding carboxylic acids is 1. The average molecular weight is 274 g/mol. The summed E-state index contributed by atoms with van der Waals surface area (Å²) >= 11 is 1.06. The van der Waals surface area contributed by atoms with Crippen molar-refractivity contribution in [2.24, 2.45) is 0 Å². The van der Waals surface area contributed by atoms with E-state index in [2.05, 4.69) is 4.98 Å². The molecule has 0 aromatic carbocycles. The van der Waals surface area contributed by atoms with E-state index in [9.17, 15) is 26.7 Å². The van der Waals surface area contributed by atoms with Crippen LogP contribution in [0.3, 0.4) is 0 Å². The van der Waals surface area contributed by atoms with E-state index in [0.29, 0.717) is 10.6 Å². The number of thiazole rings is 1. The third kappa shape index (κ3) is 2.90. The van der Waals surface area contributed by atoms with Crippen LogP contribution in [0.25, 0.3) is 0 Å². The second kappa shape index (κ2) is 4.55. The molecule has 9 heteroatoms. The van der Waals surface area contributed by atoms with Gasteiger partial charge in [-0.25, -0.2) is 4.98 Å². The summed E-state index contributed by atoms with van der Waals surface area (Å²) in [7, 11) is 0. The van der Waals surface area contributed by atoms with Crippen molar-refractivity contribution >= 4 is 17.2 Å². The Labute approximate surface area is 96.7 Å². The average Bonchev–Trinajstić information content (AvgIpc) is 2.58. The molecule has 3 nitrogen and oxygen atoms in total. The van der Waals surface area contributed by atoms with Crippen LogP contribution in [0, 0.1) is 6.92 Å². The maximum absolute atomic E-state index is 12.5. The number of nitrogens with zero attached hydrogens (tertiary/aromatic N) is 1. The number of nitrogens with one attached hydrogen (secondary N) is 1. The zero-order valence-electron chi connectivity index (χ0n) is 8.44. The Hall–Kier alpha value is -1.25. The lowest BCUT2D eigenvalue weighted by Crippen LogP contribution is -2.50. The quantitative estimate of drug-likeness (QED) is 0.859. The Morgan fingerprint density at radius 2 is 2.00 bits per heavy atom. The Bertz CT molecular complexity index is 414. The Balaban J connectivity index is 2.65. The number of carbonyl (C=O) groups is 1. The Morgan fingerprint density at radius 1 is 1.41 bits per heavy atom. The van der Waals surface area contributed by atoms with Crippen molar-refractivity contribution < 1.29 is 26.7 Å². The van der Waals surface area contributed by atoms with Crippen LogP contribution in [0.1, 0.15) is 10.6 Å². The molecule has 0 aliphatic rings. The smallest absolute Gasteiger partial charge is 0.346 e. The van der Waals surface area contributed by atoms with Crippen molar-refractivity contribution in [1.29, 1.82) is 0 Å². The molecule has 1 aromatic rings. The molecule has 1 aromatic heterocycles. The van der Waals surface area contributed by atoms with E-state index in [1.807, 2.05) is 0 Å². The van der Waals surface area contributed by atoms with Gasteiger partial charge in [0, 0.05) is 4.88 Å². The van der Waals surface area contributed by atoms with E-state index >= 15 is 0 Å². The van der Waals surface area contributed by atoms with Gasteiger partial charge in [0.15, 0.2) is 0 Å². The van der Waals surface area contributed by atoms with E-state index in [1.54, 1.807) is 6.92 Å². The molecular formula is C8H7F5N2OS. The van der Waals surface area contributed by atoms with Gasteiger partial charge in [-0.1, -0.05) is 0 Å². The summed E-state index contributed by atoms with van der Waals surface area (Å²) in [5, 5.41) is 1.53. The van der Waals surface area contributed by atoms with Gasteiger partial charge in [0.25, 0.3) is 0 Å². The van der Waals surface area contributed by atoms with Gasteiger partial charge in [-0.15, -0.1) is 11.3 Å². The van der Waals surface area contributed by atoms with Gasteiger partial charge in [0.05, 0.1) is 17.7 Å². The number of halogens is 5. The highest BCUT2D eigenvalue weighted by atomic mass is 32.1. The van der Waals surface area contributed by atoms with Gasteiger partial charge in [-0.05, 0) is 6.92 Å². The molecule has 96 valence electrons. The third-order valence-corrected chi connectivity index (χ3v) is 2.83. The minimum Gasteiger partial charge on any atom is -0.346 e. The molecule has 0 aliphatic heterocycles. The second-order valence-corrected chi connectivity index (χ2v) is 4.06. The van der Waals surface area contributed by atoms with Crippen molar-refractivity contribution in [2.45, 2.75) is 25.6 Å². The molecule has 0 saturated heterocycles. The zero-order chi connectivity index (χ0) is 13.3. The van der Waals surface area contributed by atoms with Crippen LogP contribution in [0.15, 0.2) is 5.51 Å². The Morgan fingerprint density at radius 3 is 2.41 bits per heavy atom. The van der Waals surface area contributed by atoms with Gasteiger partial charge >= 0.3 is 18.0 Å². The van der Waals surface area contributed by atoms with Crippen LogP contribution < -0.4 is 5.32 Å². The predicted octanol–water partition coefficient (Wildman–Crippen LogP) is 2.27. The summed E-state index contributed by atoms with van der Waals surface area (Å²) in [4.78, 5) is 14.9. The molecule has 0 aliphatic carbocycles. The minimum atomic E-state index is -5.89. The van der Waals surface area contributed by atoms with Crippen LogP contribution in [-0.2, 0) is 11.3 Å². The van der Waals surface area contributed by atoms with Crippen LogP contribution in [-0.4, -0.2) is 23.0 Å². The molecule has 0 unspecified atom stereocenters. The van der Waals surface area contributed by atoms with Gasteiger partial charge in [-0.2, -0.15) is 22.0 Å². The first-order valence-corrected chi connectivity index (χ1v) is 5.16. The number of aryl methyl sites for hydroxylation is 1. The fourth-order valence-corrected chi connectivity index (χ4v) is 1.61. The SMILES string of the molecule is Cc1ncsc1CNC(=O)C(F)(F)C(F)(F)F. The third-order valence-electron chi connectivity index (χ3n) is 1.90. The molecule has 1 heterocycles. The molecule has 1 rings (SSSR count). The highest BCUT2D eigenvalue weighted by Crippen LogP contribution is 2.35. The fraction of sp³-hybridized carbons (Fsp3) is 0.500. The number of hydrogen-bond donors (Lipinski definition) is 1. The van der Waals surface area contributed by atoms with Crippen LogP contribution in [0.5, 0.6) is 0 Å². The summed E-state index contributed by atoms with van der Waals surface area (Å²) < 4.78 is 60.4. The highest BCUT2D eigenvalue weighted by Gasteiger charge is 2.63. The van der Waals surface area contributed by atoms with E-state index in [-0.39, 0.29) is 0 Å². The van der Waals surface area contributed by atoms with Crippen molar-refractivity contribution in [1.82, 2.24) is 10.3 Å². The van der Waals surface area contributed by atoms with E-state index in [0.717, 1.165) is 11.3 Å². The normalized spacial score (nSPS) is 12.6. The van der Waals surface area contributed by atoms with Crippen LogP contribution >= 0.6 is 11.3 Å². The monoisotopic (exact) mass is 274 g/mol. The molecule has 0 fully saturated rings. The van der Waals surface area contributed by atoms with E-state index in [1.165, 1.54) is 10.8 Å². The predicted molar refractivity (Wildman–Crippen MR) is 49.7 cm³/mol. The standard InChI is InChI=1S/C8H7F5N2OS/c1-4-5(17-3-15-4)2-14-6(16)7(9,10)8(11,12)13/h3H,2H2,1H3,(H,14,16). The first-order chi connectivity index (χ1) is 7.66. The van der Waals surface area contributed by atoms with Crippen molar-refractivity contribution in [3.8, 4) is 0 Å². The van der Waals surface area contributed by atoms with Gasteiger partial charge < -0.3 is 5.32 Å². The summed E-state index contributed by atoms with van der Waals surface area (Å²) in [5.74, 6) is -7.75. The molecule has 0 spiro atoms. The van der Waals surface area contributed by atoms with Gasteiger partial charge in [0.2, 0.25) is 0 Å². The summed E-state index contributed by atoms with van der Waals surface area (Å²) in [5.41, 5.74) is 1.88. The number of hydrogen-bond acceptors (Lipinski definition) is 3. The van der Waals surface area contributed by atoms with Crippen molar-refractivity contribution in [3.63, 3.8) is 0 Å². The lowest BCUT2D eigenvalue weighted by Gasteiger charge is -2.18. The maximum atomic E-state index is 12.5.